The highest BCUT2D eigenvalue weighted by Crippen LogP contribution is 2.13. The van der Waals surface area contributed by atoms with E-state index in [-0.39, 0.29) is 13.2 Å². The van der Waals surface area contributed by atoms with Crippen LogP contribution in [0.4, 0.5) is 0 Å². The van der Waals surface area contributed by atoms with E-state index in [1.807, 2.05) is 0 Å². The van der Waals surface area contributed by atoms with E-state index in [1.54, 1.807) is 6.20 Å². The third-order valence-electron chi connectivity index (χ3n) is 2.05. The minimum atomic E-state index is -1.15. The highest BCUT2D eigenvalue weighted by Gasteiger charge is 2.11. The Morgan fingerprint density at radius 3 is 3.12 bits per heavy atom. The van der Waals surface area contributed by atoms with Gasteiger partial charge in [0, 0.05) is 6.61 Å². The fraction of sp³-hybridized carbons (Fsp3) is 0.444. The van der Waals surface area contributed by atoms with Gasteiger partial charge in [-0.15, -0.1) is 0 Å². The van der Waals surface area contributed by atoms with Crippen LogP contribution in [-0.4, -0.2) is 42.9 Å². The Bertz CT molecular complexity index is 459. The number of rotatable bonds is 5. The molecule has 0 bridgehead atoms. The molecule has 2 aromatic heterocycles. The lowest BCUT2D eigenvalue weighted by Gasteiger charge is -2.12. The molecule has 0 amide bonds. The van der Waals surface area contributed by atoms with Gasteiger partial charge >= 0.3 is 0 Å². The van der Waals surface area contributed by atoms with Crippen LogP contribution in [0.1, 0.15) is 12.8 Å². The van der Waals surface area contributed by atoms with E-state index in [0.29, 0.717) is 17.6 Å². The number of aliphatic hydroxyl groups is 2. The molecule has 7 heteroatoms. The highest BCUT2D eigenvalue weighted by atomic mass is 16.6. The van der Waals surface area contributed by atoms with E-state index in [4.69, 9.17) is 9.84 Å². The monoisotopic (exact) mass is 224 g/mol. The van der Waals surface area contributed by atoms with Crippen LogP contribution in [-0.2, 0) is 4.74 Å². The van der Waals surface area contributed by atoms with Crippen LogP contribution in [0.3, 0.4) is 0 Å². The van der Waals surface area contributed by atoms with Crippen LogP contribution in [0.15, 0.2) is 18.9 Å². The molecule has 0 aliphatic rings. The third kappa shape index (κ3) is 2.16. The first-order valence-electron chi connectivity index (χ1n) is 4.86. The zero-order chi connectivity index (χ0) is 11.4. The number of aliphatic hydroxyl groups excluding tert-OH is 2. The minimum Gasteiger partial charge on any atom is -0.396 e. The van der Waals surface area contributed by atoms with E-state index in [0.717, 1.165) is 0 Å². The molecule has 2 N–H and O–H groups in total. The van der Waals surface area contributed by atoms with Gasteiger partial charge in [-0.25, -0.2) is 15.0 Å². The predicted molar refractivity (Wildman–Crippen MR) is 54.2 cm³/mol. The molecule has 7 nitrogen and oxygen atoms in total. The number of imidazole rings is 1. The quantitative estimate of drug-likeness (QED) is 0.533. The van der Waals surface area contributed by atoms with Crippen molar-refractivity contribution >= 4 is 11.2 Å². The SMILES string of the molecule is OCCCOC(O)n1cnc2cncnc21. The van der Waals surface area contributed by atoms with Crippen molar-refractivity contribution in [3.05, 3.63) is 18.9 Å². The Balaban J connectivity index is 2.13. The highest BCUT2D eigenvalue weighted by molar-refractivity contribution is 5.68. The second kappa shape index (κ2) is 4.97. The molecule has 2 heterocycles. The first-order chi connectivity index (χ1) is 7.83. The Morgan fingerprint density at radius 1 is 1.44 bits per heavy atom. The van der Waals surface area contributed by atoms with E-state index in [9.17, 15) is 5.11 Å². The summed E-state index contributed by atoms with van der Waals surface area (Å²) in [6.07, 6.45) is 3.69. The fourth-order valence-electron chi connectivity index (χ4n) is 1.28. The zero-order valence-electron chi connectivity index (χ0n) is 8.52. The maximum Gasteiger partial charge on any atom is 0.244 e. The standard InChI is InChI=1S/C9H12N4O3/c14-2-1-3-16-9(15)13-6-12-7-4-10-5-11-8(7)13/h4-6,9,14-15H,1-3H2. The third-order valence-corrected chi connectivity index (χ3v) is 2.05. The molecule has 2 rings (SSSR count). The van der Waals surface area contributed by atoms with E-state index < -0.39 is 6.41 Å². The second-order valence-corrected chi connectivity index (χ2v) is 3.16. The molecule has 16 heavy (non-hydrogen) atoms. The number of fused-ring (bicyclic) bond motifs is 1. The molecule has 86 valence electrons. The van der Waals surface area contributed by atoms with Gasteiger partial charge in [0.25, 0.3) is 0 Å². The molecule has 0 saturated carbocycles. The first kappa shape index (κ1) is 10.9. The van der Waals surface area contributed by atoms with Gasteiger partial charge in [-0.05, 0) is 6.42 Å². The number of hydrogen-bond acceptors (Lipinski definition) is 6. The summed E-state index contributed by atoms with van der Waals surface area (Å²) in [5, 5.41) is 18.3. The summed E-state index contributed by atoms with van der Waals surface area (Å²) in [5.41, 5.74) is 1.10. The summed E-state index contributed by atoms with van der Waals surface area (Å²) in [6.45, 7) is 0.294. The van der Waals surface area contributed by atoms with Crippen LogP contribution in [0.25, 0.3) is 11.2 Å². The first-order valence-corrected chi connectivity index (χ1v) is 4.86. The lowest BCUT2D eigenvalue weighted by molar-refractivity contribution is -0.152. The molecule has 1 unspecified atom stereocenters. The normalized spacial score (nSPS) is 13.1. The maximum atomic E-state index is 9.69. The Kier molecular flexibility index (Phi) is 3.40. The van der Waals surface area contributed by atoms with Gasteiger partial charge in [0.1, 0.15) is 18.2 Å². The second-order valence-electron chi connectivity index (χ2n) is 3.16. The summed E-state index contributed by atoms with van der Waals surface area (Å²) in [5.74, 6) is 0. The van der Waals surface area contributed by atoms with Gasteiger partial charge in [-0.1, -0.05) is 0 Å². The topological polar surface area (TPSA) is 93.3 Å². The molecule has 0 aromatic carbocycles. The largest absolute Gasteiger partial charge is 0.396 e. The van der Waals surface area contributed by atoms with Crippen LogP contribution in [0.2, 0.25) is 0 Å². The van der Waals surface area contributed by atoms with Crippen molar-refractivity contribution in [2.24, 2.45) is 0 Å². The lowest BCUT2D eigenvalue weighted by atomic mass is 10.5. The zero-order valence-corrected chi connectivity index (χ0v) is 8.52. The van der Waals surface area contributed by atoms with Gasteiger partial charge in [0.15, 0.2) is 5.65 Å². The van der Waals surface area contributed by atoms with E-state index in [2.05, 4.69) is 15.0 Å². The van der Waals surface area contributed by atoms with Crippen LogP contribution in [0, 0.1) is 0 Å². The average molecular weight is 224 g/mol. The van der Waals surface area contributed by atoms with E-state index in [1.165, 1.54) is 17.2 Å². The molecule has 2 aromatic rings. The number of nitrogens with zero attached hydrogens (tertiary/aromatic N) is 4. The van der Waals surface area contributed by atoms with Crippen molar-refractivity contribution in [3.63, 3.8) is 0 Å². The molecule has 0 saturated heterocycles. The van der Waals surface area contributed by atoms with Gasteiger partial charge in [0.2, 0.25) is 6.41 Å². The molecular formula is C9H12N4O3. The van der Waals surface area contributed by atoms with Crippen LogP contribution < -0.4 is 0 Å². The van der Waals surface area contributed by atoms with Crippen molar-refractivity contribution in [2.75, 3.05) is 13.2 Å². The summed E-state index contributed by atoms with van der Waals surface area (Å²) in [7, 11) is 0. The molecule has 0 radical (unpaired) electrons. The minimum absolute atomic E-state index is 0.0273. The van der Waals surface area contributed by atoms with Crippen LogP contribution in [0.5, 0.6) is 0 Å². The van der Waals surface area contributed by atoms with Crippen molar-refractivity contribution in [1.29, 1.82) is 0 Å². The summed E-state index contributed by atoms with van der Waals surface area (Å²) in [4.78, 5) is 11.8. The van der Waals surface area contributed by atoms with Crippen LogP contribution >= 0.6 is 0 Å². The summed E-state index contributed by atoms with van der Waals surface area (Å²) < 4.78 is 6.49. The number of aromatic nitrogens is 4. The van der Waals surface area contributed by atoms with Gasteiger partial charge in [0.05, 0.1) is 12.8 Å². The number of hydrogen-bond donors (Lipinski definition) is 2. The van der Waals surface area contributed by atoms with Crippen molar-refractivity contribution in [1.82, 2.24) is 19.5 Å². The molecule has 0 aliphatic carbocycles. The Hall–Kier alpha value is -1.57. The molecular weight excluding hydrogens is 212 g/mol. The average Bonchev–Trinajstić information content (AvgIpc) is 2.73. The van der Waals surface area contributed by atoms with E-state index >= 15 is 0 Å². The smallest absolute Gasteiger partial charge is 0.244 e. The Morgan fingerprint density at radius 2 is 2.31 bits per heavy atom. The Labute approximate surface area is 91.4 Å². The van der Waals surface area contributed by atoms with Crippen molar-refractivity contribution in [3.8, 4) is 0 Å². The predicted octanol–water partition coefficient (Wildman–Crippen LogP) is -0.326. The summed E-state index contributed by atoms with van der Waals surface area (Å²) >= 11 is 0. The number of ether oxygens (including phenoxy) is 1. The molecule has 1 atom stereocenters. The molecule has 0 aliphatic heterocycles. The summed E-state index contributed by atoms with van der Waals surface area (Å²) in [6, 6.07) is 0. The van der Waals surface area contributed by atoms with Gasteiger partial charge in [-0.2, -0.15) is 0 Å². The maximum absolute atomic E-state index is 9.69. The molecule has 0 spiro atoms. The van der Waals surface area contributed by atoms with Gasteiger partial charge in [-0.3, -0.25) is 4.57 Å². The van der Waals surface area contributed by atoms with Gasteiger partial charge < -0.3 is 14.9 Å². The van der Waals surface area contributed by atoms with Crippen molar-refractivity contribution in [2.45, 2.75) is 12.8 Å². The fourth-order valence-corrected chi connectivity index (χ4v) is 1.28. The lowest BCUT2D eigenvalue weighted by Crippen LogP contribution is -2.13. The molecule has 0 fully saturated rings. The van der Waals surface area contributed by atoms with Crippen molar-refractivity contribution < 1.29 is 14.9 Å².